The molecule has 2 N–H and O–H groups in total. The topological polar surface area (TPSA) is 24.1 Å². The summed E-state index contributed by atoms with van der Waals surface area (Å²) in [6, 6.07) is 10.9. The van der Waals surface area contributed by atoms with Gasteiger partial charge in [0.05, 0.1) is 0 Å². The zero-order valence-corrected chi connectivity index (χ0v) is 10.8. The standard InChI is InChI=1S/C15H24N2/c1-2-8-16-9-10-17-12-14-11-15(14)13-6-4-3-5-7-13/h3-7,14-17H,2,8-12H2,1H3. The summed E-state index contributed by atoms with van der Waals surface area (Å²) < 4.78 is 0. The molecule has 0 spiro atoms. The van der Waals surface area contributed by atoms with Gasteiger partial charge in [0.15, 0.2) is 0 Å². The quantitative estimate of drug-likeness (QED) is 0.672. The van der Waals surface area contributed by atoms with E-state index in [1.54, 1.807) is 0 Å². The lowest BCUT2D eigenvalue weighted by Crippen LogP contribution is -2.29. The Labute approximate surface area is 105 Å². The van der Waals surface area contributed by atoms with Crippen molar-refractivity contribution in [3.63, 3.8) is 0 Å². The fourth-order valence-electron chi connectivity index (χ4n) is 2.35. The highest BCUT2D eigenvalue weighted by Gasteiger charge is 2.37. The Morgan fingerprint density at radius 3 is 2.59 bits per heavy atom. The van der Waals surface area contributed by atoms with E-state index in [-0.39, 0.29) is 0 Å². The first kappa shape index (κ1) is 12.6. The highest BCUT2D eigenvalue weighted by molar-refractivity contribution is 5.25. The molecule has 1 saturated carbocycles. The van der Waals surface area contributed by atoms with Crippen molar-refractivity contribution in [2.75, 3.05) is 26.2 Å². The summed E-state index contributed by atoms with van der Waals surface area (Å²) >= 11 is 0. The summed E-state index contributed by atoms with van der Waals surface area (Å²) in [6.45, 7) is 6.70. The van der Waals surface area contributed by atoms with Crippen molar-refractivity contribution in [1.82, 2.24) is 10.6 Å². The fraction of sp³-hybridized carbons (Fsp3) is 0.600. The van der Waals surface area contributed by atoms with E-state index in [2.05, 4.69) is 47.9 Å². The molecule has 1 aliphatic carbocycles. The monoisotopic (exact) mass is 232 g/mol. The normalized spacial score (nSPS) is 22.6. The van der Waals surface area contributed by atoms with Gasteiger partial charge in [0.25, 0.3) is 0 Å². The van der Waals surface area contributed by atoms with Gasteiger partial charge in [-0.1, -0.05) is 37.3 Å². The molecule has 0 bridgehead atoms. The lowest BCUT2D eigenvalue weighted by molar-refractivity contribution is 0.582. The first-order valence-corrected chi connectivity index (χ1v) is 6.88. The molecule has 2 nitrogen and oxygen atoms in total. The van der Waals surface area contributed by atoms with Gasteiger partial charge >= 0.3 is 0 Å². The molecule has 0 aromatic heterocycles. The van der Waals surface area contributed by atoms with Crippen LogP contribution < -0.4 is 10.6 Å². The molecular weight excluding hydrogens is 208 g/mol. The highest BCUT2D eigenvalue weighted by Crippen LogP contribution is 2.46. The molecule has 0 heterocycles. The molecule has 0 saturated heterocycles. The molecule has 0 aliphatic heterocycles. The molecule has 2 heteroatoms. The smallest absolute Gasteiger partial charge is 0.00768 e. The van der Waals surface area contributed by atoms with Crippen LogP contribution in [-0.2, 0) is 0 Å². The summed E-state index contributed by atoms with van der Waals surface area (Å²) in [5.74, 6) is 1.68. The minimum Gasteiger partial charge on any atom is -0.315 e. The number of hydrogen-bond acceptors (Lipinski definition) is 2. The van der Waals surface area contributed by atoms with Crippen molar-refractivity contribution in [3.8, 4) is 0 Å². The molecule has 2 rings (SSSR count). The fourth-order valence-corrected chi connectivity index (χ4v) is 2.35. The number of hydrogen-bond donors (Lipinski definition) is 2. The number of rotatable bonds is 8. The second-order valence-electron chi connectivity index (χ2n) is 4.97. The maximum atomic E-state index is 3.54. The van der Waals surface area contributed by atoms with Crippen LogP contribution in [0.25, 0.3) is 0 Å². The van der Waals surface area contributed by atoms with Crippen molar-refractivity contribution >= 4 is 0 Å². The van der Waals surface area contributed by atoms with Crippen molar-refractivity contribution in [2.45, 2.75) is 25.7 Å². The van der Waals surface area contributed by atoms with Crippen LogP contribution in [0.5, 0.6) is 0 Å². The molecule has 1 aromatic carbocycles. The average Bonchev–Trinajstić information content (AvgIpc) is 3.14. The van der Waals surface area contributed by atoms with Crippen LogP contribution in [0.2, 0.25) is 0 Å². The minimum absolute atomic E-state index is 0.812. The average molecular weight is 232 g/mol. The van der Waals surface area contributed by atoms with Crippen molar-refractivity contribution in [1.29, 1.82) is 0 Å². The van der Waals surface area contributed by atoms with E-state index >= 15 is 0 Å². The van der Waals surface area contributed by atoms with Crippen LogP contribution in [0.15, 0.2) is 30.3 Å². The van der Waals surface area contributed by atoms with Gasteiger partial charge in [0, 0.05) is 13.1 Å². The predicted molar refractivity (Wildman–Crippen MR) is 73.3 cm³/mol. The van der Waals surface area contributed by atoms with Gasteiger partial charge in [-0.15, -0.1) is 0 Å². The summed E-state index contributed by atoms with van der Waals surface area (Å²) in [4.78, 5) is 0. The van der Waals surface area contributed by atoms with E-state index in [0.29, 0.717) is 0 Å². The maximum Gasteiger partial charge on any atom is 0.00768 e. The molecule has 2 unspecified atom stereocenters. The van der Waals surface area contributed by atoms with Crippen molar-refractivity contribution in [2.24, 2.45) is 5.92 Å². The van der Waals surface area contributed by atoms with Crippen LogP contribution in [0.1, 0.15) is 31.2 Å². The Morgan fingerprint density at radius 1 is 1.06 bits per heavy atom. The van der Waals surface area contributed by atoms with Gasteiger partial charge in [0.2, 0.25) is 0 Å². The molecule has 1 fully saturated rings. The molecule has 0 amide bonds. The summed E-state index contributed by atoms with van der Waals surface area (Å²) in [7, 11) is 0. The Kier molecular flexibility index (Phi) is 5.02. The van der Waals surface area contributed by atoms with Crippen molar-refractivity contribution < 1.29 is 0 Å². The van der Waals surface area contributed by atoms with Gasteiger partial charge in [0.1, 0.15) is 0 Å². The molecule has 1 aliphatic rings. The number of benzene rings is 1. The highest BCUT2D eigenvalue weighted by atomic mass is 14.9. The van der Waals surface area contributed by atoms with E-state index in [9.17, 15) is 0 Å². The third-order valence-electron chi connectivity index (χ3n) is 3.46. The second-order valence-corrected chi connectivity index (χ2v) is 4.97. The molecule has 17 heavy (non-hydrogen) atoms. The van der Waals surface area contributed by atoms with Crippen LogP contribution in [-0.4, -0.2) is 26.2 Å². The Bertz CT molecular complexity index is 310. The molecular formula is C15H24N2. The van der Waals surface area contributed by atoms with Gasteiger partial charge in [-0.05, 0) is 43.3 Å². The summed E-state index contributed by atoms with van der Waals surface area (Å²) in [5, 5.41) is 6.95. The summed E-state index contributed by atoms with van der Waals surface area (Å²) in [5.41, 5.74) is 1.52. The van der Waals surface area contributed by atoms with E-state index in [1.165, 1.54) is 24.9 Å². The van der Waals surface area contributed by atoms with E-state index < -0.39 is 0 Å². The Balaban J connectivity index is 1.55. The minimum atomic E-state index is 0.812. The lowest BCUT2D eigenvalue weighted by atomic mass is 10.1. The largest absolute Gasteiger partial charge is 0.315 e. The predicted octanol–water partition coefficient (Wildman–Crippen LogP) is 2.38. The third kappa shape index (κ3) is 4.14. The molecule has 0 radical (unpaired) electrons. The van der Waals surface area contributed by atoms with Crippen LogP contribution in [0, 0.1) is 5.92 Å². The molecule has 94 valence electrons. The van der Waals surface area contributed by atoms with Gasteiger partial charge in [-0.3, -0.25) is 0 Å². The Hall–Kier alpha value is -0.860. The Morgan fingerprint density at radius 2 is 1.82 bits per heavy atom. The maximum absolute atomic E-state index is 3.54. The van der Waals surface area contributed by atoms with Gasteiger partial charge in [-0.2, -0.15) is 0 Å². The second kappa shape index (κ2) is 6.77. The van der Waals surface area contributed by atoms with Crippen LogP contribution >= 0.6 is 0 Å². The lowest BCUT2D eigenvalue weighted by Gasteiger charge is -2.05. The van der Waals surface area contributed by atoms with E-state index in [0.717, 1.165) is 31.5 Å². The third-order valence-corrected chi connectivity index (χ3v) is 3.46. The van der Waals surface area contributed by atoms with Crippen LogP contribution in [0.4, 0.5) is 0 Å². The SMILES string of the molecule is CCCNCCNCC1CC1c1ccccc1. The molecule has 2 atom stereocenters. The van der Waals surface area contributed by atoms with Gasteiger partial charge < -0.3 is 10.6 Å². The first-order valence-electron chi connectivity index (χ1n) is 6.88. The number of nitrogens with one attached hydrogen (secondary N) is 2. The van der Waals surface area contributed by atoms with E-state index in [4.69, 9.17) is 0 Å². The van der Waals surface area contributed by atoms with Crippen molar-refractivity contribution in [3.05, 3.63) is 35.9 Å². The zero-order valence-electron chi connectivity index (χ0n) is 10.8. The van der Waals surface area contributed by atoms with E-state index in [1.807, 2.05) is 0 Å². The zero-order chi connectivity index (χ0) is 11.9. The van der Waals surface area contributed by atoms with Gasteiger partial charge in [-0.25, -0.2) is 0 Å². The molecule has 1 aromatic rings. The van der Waals surface area contributed by atoms with Crippen LogP contribution in [0.3, 0.4) is 0 Å². The first-order chi connectivity index (χ1) is 8.42. The summed E-state index contributed by atoms with van der Waals surface area (Å²) in [6.07, 6.45) is 2.58.